The van der Waals surface area contributed by atoms with E-state index < -0.39 is 5.91 Å². The molecule has 0 aliphatic carbocycles. The van der Waals surface area contributed by atoms with Gasteiger partial charge in [0.25, 0.3) is 5.91 Å². The molecule has 0 aliphatic heterocycles. The van der Waals surface area contributed by atoms with Gasteiger partial charge in [-0.2, -0.15) is 5.10 Å². The van der Waals surface area contributed by atoms with Crippen LogP contribution in [0.3, 0.4) is 0 Å². The number of amides is 2. The van der Waals surface area contributed by atoms with Gasteiger partial charge in [0.2, 0.25) is 5.91 Å². The average Bonchev–Trinajstić information content (AvgIpc) is 2.66. The maximum Gasteiger partial charge on any atom is 0.277 e. The van der Waals surface area contributed by atoms with Gasteiger partial charge in [-0.05, 0) is 50.6 Å². The molecule has 0 spiro atoms. The Labute approximate surface area is 164 Å². The van der Waals surface area contributed by atoms with E-state index in [1.165, 1.54) is 0 Å². The van der Waals surface area contributed by atoms with Crippen LogP contribution in [0, 0.1) is 13.8 Å². The second kappa shape index (κ2) is 10.1. The molecule has 0 unspecified atom stereocenters. The first-order chi connectivity index (χ1) is 13.4. The molecule has 7 heteroatoms. The van der Waals surface area contributed by atoms with Crippen LogP contribution in [0.1, 0.15) is 24.5 Å². The average molecular weight is 383 g/mol. The number of nitrogens with one attached hydrogen (secondary N) is 2. The number of hydrogen-bond donors (Lipinski definition) is 2. The summed E-state index contributed by atoms with van der Waals surface area (Å²) in [5.41, 5.74) is 5.56. The lowest BCUT2D eigenvalue weighted by Gasteiger charge is -2.11. The summed E-state index contributed by atoms with van der Waals surface area (Å²) in [6.45, 7) is 5.40. The summed E-state index contributed by atoms with van der Waals surface area (Å²) in [7, 11) is 1.54. The molecule has 0 heterocycles. The molecule has 2 aromatic carbocycles. The summed E-state index contributed by atoms with van der Waals surface area (Å²) >= 11 is 0. The first-order valence-electron chi connectivity index (χ1n) is 8.83. The molecular weight excluding hydrogens is 358 g/mol. The molecular formula is C21H25N3O4. The van der Waals surface area contributed by atoms with Crippen LogP contribution < -0.4 is 20.2 Å². The summed E-state index contributed by atoms with van der Waals surface area (Å²) in [5.74, 6) is 0.527. The minimum atomic E-state index is -0.402. The molecule has 0 atom stereocenters. The number of carbonyl (C=O) groups is 2. The van der Waals surface area contributed by atoms with E-state index in [1.807, 2.05) is 38.1 Å². The molecule has 2 rings (SSSR count). The fraction of sp³-hybridized carbons (Fsp3) is 0.286. The van der Waals surface area contributed by atoms with E-state index in [9.17, 15) is 9.59 Å². The van der Waals surface area contributed by atoms with E-state index in [0.717, 1.165) is 11.1 Å². The zero-order valence-electron chi connectivity index (χ0n) is 16.5. The summed E-state index contributed by atoms with van der Waals surface area (Å²) < 4.78 is 10.6. The van der Waals surface area contributed by atoms with Crippen molar-refractivity contribution >= 4 is 23.2 Å². The Hall–Kier alpha value is -3.35. The Morgan fingerprint density at radius 1 is 1.00 bits per heavy atom. The summed E-state index contributed by atoms with van der Waals surface area (Å²) in [4.78, 5) is 24.0. The zero-order chi connectivity index (χ0) is 20.5. The molecule has 2 amide bonds. The number of rotatable bonds is 8. The quantitative estimate of drug-likeness (QED) is 0.541. The largest absolute Gasteiger partial charge is 0.495 e. The molecule has 2 aromatic rings. The molecule has 0 saturated carbocycles. The molecule has 0 radical (unpaired) electrons. The Morgan fingerprint density at radius 2 is 1.68 bits per heavy atom. The van der Waals surface area contributed by atoms with E-state index >= 15 is 0 Å². The van der Waals surface area contributed by atoms with Crippen molar-refractivity contribution < 1.29 is 19.1 Å². The van der Waals surface area contributed by atoms with E-state index in [4.69, 9.17) is 9.47 Å². The highest BCUT2D eigenvalue weighted by Gasteiger charge is 2.10. The van der Waals surface area contributed by atoms with Gasteiger partial charge in [0.05, 0.1) is 19.2 Å². The lowest BCUT2D eigenvalue weighted by molar-refractivity contribution is -0.123. The maximum absolute atomic E-state index is 12.2. The van der Waals surface area contributed by atoms with Gasteiger partial charge in [-0.3, -0.25) is 9.59 Å². The summed E-state index contributed by atoms with van der Waals surface area (Å²) in [6, 6.07) is 12.9. The highest BCUT2D eigenvalue weighted by molar-refractivity contribution is 6.06. The topological polar surface area (TPSA) is 89.0 Å². The third-order valence-corrected chi connectivity index (χ3v) is 3.81. The molecule has 0 saturated heterocycles. The number of hydrazone groups is 1. The highest BCUT2D eigenvalue weighted by atomic mass is 16.5. The van der Waals surface area contributed by atoms with Gasteiger partial charge < -0.3 is 14.8 Å². The van der Waals surface area contributed by atoms with Crippen LogP contribution in [0.15, 0.2) is 47.6 Å². The molecule has 0 fully saturated rings. The van der Waals surface area contributed by atoms with E-state index in [-0.39, 0.29) is 18.9 Å². The minimum Gasteiger partial charge on any atom is -0.495 e. The molecule has 0 bridgehead atoms. The van der Waals surface area contributed by atoms with Gasteiger partial charge in [-0.25, -0.2) is 5.43 Å². The highest BCUT2D eigenvalue weighted by Crippen LogP contribution is 2.25. The van der Waals surface area contributed by atoms with Gasteiger partial charge >= 0.3 is 0 Å². The van der Waals surface area contributed by atoms with Gasteiger partial charge in [0.15, 0.2) is 6.61 Å². The van der Waals surface area contributed by atoms with Crippen molar-refractivity contribution in [2.24, 2.45) is 5.10 Å². The van der Waals surface area contributed by atoms with Crippen molar-refractivity contribution in [2.75, 3.05) is 19.0 Å². The lowest BCUT2D eigenvalue weighted by Crippen LogP contribution is -2.26. The second-order valence-corrected chi connectivity index (χ2v) is 6.41. The van der Waals surface area contributed by atoms with Crippen molar-refractivity contribution in [1.82, 2.24) is 5.43 Å². The number of nitrogens with zero attached hydrogens (tertiary/aromatic N) is 1. The number of aryl methyl sites for hydroxylation is 2. The van der Waals surface area contributed by atoms with Crippen molar-refractivity contribution in [3.8, 4) is 11.5 Å². The number of hydrogen-bond acceptors (Lipinski definition) is 5. The van der Waals surface area contributed by atoms with Crippen LogP contribution in [-0.2, 0) is 9.59 Å². The van der Waals surface area contributed by atoms with Crippen molar-refractivity contribution in [1.29, 1.82) is 0 Å². The van der Waals surface area contributed by atoms with E-state index in [1.54, 1.807) is 32.2 Å². The molecule has 148 valence electrons. The smallest absolute Gasteiger partial charge is 0.277 e. The van der Waals surface area contributed by atoms with Gasteiger partial charge in [0.1, 0.15) is 11.5 Å². The maximum atomic E-state index is 12.2. The Morgan fingerprint density at radius 3 is 2.36 bits per heavy atom. The Bertz CT molecular complexity index is 860. The lowest BCUT2D eigenvalue weighted by atomic mass is 10.2. The zero-order valence-corrected chi connectivity index (χ0v) is 16.5. The molecule has 28 heavy (non-hydrogen) atoms. The van der Waals surface area contributed by atoms with Gasteiger partial charge in [-0.15, -0.1) is 0 Å². The van der Waals surface area contributed by atoms with Crippen molar-refractivity contribution in [3.63, 3.8) is 0 Å². The third kappa shape index (κ3) is 6.75. The fourth-order valence-electron chi connectivity index (χ4n) is 2.36. The summed E-state index contributed by atoms with van der Waals surface area (Å²) in [5, 5.41) is 6.73. The summed E-state index contributed by atoms with van der Waals surface area (Å²) in [6.07, 6.45) is 0.0379. The number of benzene rings is 2. The normalized spacial score (nSPS) is 10.9. The fourth-order valence-corrected chi connectivity index (χ4v) is 2.36. The van der Waals surface area contributed by atoms with Gasteiger partial charge in [0, 0.05) is 5.71 Å². The van der Waals surface area contributed by atoms with E-state index in [0.29, 0.717) is 22.9 Å². The number of anilines is 1. The Balaban J connectivity index is 1.81. The molecule has 2 N–H and O–H groups in total. The number of methoxy groups -OCH3 is 1. The number of ether oxygens (including phenoxy) is 2. The molecule has 0 aliphatic rings. The molecule has 0 aromatic heterocycles. The second-order valence-electron chi connectivity index (χ2n) is 6.41. The van der Waals surface area contributed by atoms with Gasteiger partial charge in [-0.1, -0.05) is 23.8 Å². The third-order valence-electron chi connectivity index (χ3n) is 3.81. The van der Waals surface area contributed by atoms with Crippen molar-refractivity contribution in [2.45, 2.75) is 27.2 Å². The monoisotopic (exact) mass is 383 g/mol. The minimum absolute atomic E-state index is 0.0379. The van der Waals surface area contributed by atoms with Crippen LogP contribution >= 0.6 is 0 Å². The Kier molecular flexibility index (Phi) is 7.56. The van der Waals surface area contributed by atoms with Crippen molar-refractivity contribution in [3.05, 3.63) is 53.6 Å². The first-order valence-corrected chi connectivity index (χ1v) is 8.83. The van der Waals surface area contributed by atoms with Crippen LogP contribution in [0.5, 0.6) is 11.5 Å². The van der Waals surface area contributed by atoms with Crippen LogP contribution in [0.4, 0.5) is 5.69 Å². The van der Waals surface area contributed by atoms with Crippen LogP contribution in [0.25, 0.3) is 0 Å². The standard InChI is InChI=1S/C21H25N3O4/c1-14-5-8-17(9-6-14)28-13-21(26)24-23-16(3)12-20(25)22-18-11-15(2)7-10-19(18)27-4/h5-11H,12-13H2,1-4H3,(H,22,25)(H,24,26)/b23-16+. The van der Waals surface area contributed by atoms with Crippen LogP contribution in [-0.4, -0.2) is 31.2 Å². The number of carbonyl (C=O) groups excluding carboxylic acids is 2. The first kappa shape index (κ1) is 21.0. The van der Waals surface area contributed by atoms with Crippen LogP contribution in [0.2, 0.25) is 0 Å². The molecule has 7 nitrogen and oxygen atoms in total. The predicted molar refractivity (Wildman–Crippen MR) is 109 cm³/mol. The predicted octanol–water partition coefficient (Wildman–Crippen LogP) is 3.21. The van der Waals surface area contributed by atoms with E-state index in [2.05, 4.69) is 15.8 Å². The SMILES string of the molecule is COc1ccc(C)cc1NC(=O)C/C(C)=N/NC(=O)COc1ccc(C)cc1.